The fourth-order valence-electron chi connectivity index (χ4n) is 1.61. The number of nitro benzene ring substituents is 1. The van der Waals surface area contributed by atoms with Gasteiger partial charge in [0.15, 0.2) is 6.29 Å². The summed E-state index contributed by atoms with van der Waals surface area (Å²) < 4.78 is 0. The molecule has 0 N–H and O–H groups in total. The Balaban J connectivity index is 2.27. The lowest BCUT2D eigenvalue weighted by atomic mass is 10.2. The van der Waals surface area contributed by atoms with E-state index < -0.39 is 4.92 Å². The van der Waals surface area contributed by atoms with Gasteiger partial charge in [-0.15, -0.1) is 11.8 Å². The van der Waals surface area contributed by atoms with Gasteiger partial charge in [-0.05, 0) is 36.6 Å². The summed E-state index contributed by atoms with van der Waals surface area (Å²) in [6.45, 7) is 0. The highest BCUT2D eigenvalue weighted by atomic mass is 32.2. The van der Waals surface area contributed by atoms with Crippen LogP contribution in [0.15, 0.2) is 57.2 Å². The van der Waals surface area contributed by atoms with E-state index in [1.54, 1.807) is 17.8 Å². The van der Waals surface area contributed by atoms with E-state index in [0.717, 1.165) is 9.79 Å². The molecule has 0 aliphatic rings. The van der Waals surface area contributed by atoms with Crippen LogP contribution in [-0.4, -0.2) is 17.5 Å². The topological polar surface area (TPSA) is 60.2 Å². The van der Waals surface area contributed by atoms with Crippen LogP contribution in [0.2, 0.25) is 0 Å². The van der Waals surface area contributed by atoms with Crippen molar-refractivity contribution in [1.29, 1.82) is 0 Å². The van der Waals surface area contributed by atoms with Crippen LogP contribution < -0.4 is 0 Å². The summed E-state index contributed by atoms with van der Waals surface area (Å²) in [6, 6.07) is 12.2. The van der Waals surface area contributed by atoms with Gasteiger partial charge in [0.2, 0.25) is 0 Å². The average Bonchev–Trinajstić information content (AvgIpc) is 2.48. The quantitative estimate of drug-likeness (QED) is 0.357. The third kappa shape index (κ3) is 3.40. The third-order valence-corrected chi connectivity index (χ3v) is 4.46. The molecule has 20 heavy (non-hydrogen) atoms. The van der Waals surface area contributed by atoms with Crippen molar-refractivity contribution in [2.24, 2.45) is 0 Å². The molecule has 0 heterocycles. The predicted octanol–water partition coefficient (Wildman–Crippen LogP) is 4.28. The molecule has 0 aliphatic carbocycles. The fraction of sp³-hybridized carbons (Fsp3) is 0.0714. The van der Waals surface area contributed by atoms with Gasteiger partial charge in [-0.3, -0.25) is 14.9 Å². The van der Waals surface area contributed by atoms with Crippen molar-refractivity contribution in [3.63, 3.8) is 0 Å². The highest BCUT2D eigenvalue weighted by Crippen LogP contribution is 2.32. The van der Waals surface area contributed by atoms with E-state index in [2.05, 4.69) is 0 Å². The van der Waals surface area contributed by atoms with Gasteiger partial charge in [0.25, 0.3) is 5.69 Å². The number of carbonyl (C=O) groups excluding carboxylic acids is 1. The maximum atomic E-state index is 11.1. The Bertz CT molecular complexity index is 641. The average molecular weight is 305 g/mol. The molecule has 4 nitrogen and oxygen atoms in total. The van der Waals surface area contributed by atoms with Crippen molar-refractivity contribution in [3.8, 4) is 0 Å². The molecule has 2 aromatic rings. The number of carbonyl (C=O) groups is 1. The highest BCUT2D eigenvalue weighted by molar-refractivity contribution is 7.99. The van der Waals surface area contributed by atoms with Crippen LogP contribution >= 0.6 is 23.5 Å². The molecule has 0 saturated heterocycles. The van der Waals surface area contributed by atoms with Gasteiger partial charge in [-0.25, -0.2) is 0 Å². The van der Waals surface area contributed by atoms with Gasteiger partial charge in [-0.2, -0.15) is 0 Å². The van der Waals surface area contributed by atoms with Gasteiger partial charge in [0.1, 0.15) is 0 Å². The van der Waals surface area contributed by atoms with Crippen molar-refractivity contribution < 1.29 is 9.72 Å². The largest absolute Gasteiger partial charge is 0.298 e. The fourth-order valence-corrected chi connectivity index (χ4v) is 2.90. The van der Waals surface area contributed by atoms with Gasteiger partial charge < -0.3 is 0 Å². The number of aldehydes is 1. The van der Waals surface area contributed by atoms with Gasteiger partial charge in [-0.1, -0.05) is 11.8 Å². The molecule has 0 saturated carbocycles. The van der Waals surface area contributed by atoms with Crippen molar-refractivity contribution in [1.82, 2.24) is 0 Å². The van der Waals surface area contributed by atoms with Crippen LogP contribution in [0.5, 0.6) is 0 Å². The second-order valence-electron chi connectivity index (χ2n) is 3.87. The lowest BCUT2D eigenvalue weighted by Crippen LogP contribution is -1.92. The van der Waals surface area contributed by atoms with Crippen molar-refractivity contribution in [2.45, 2.75) is 14.7 Å². The van der Waals surface area contributed by atoms with Crippen molar-refractivity contribution in [2.75, 3.05) is 6.26 Å². The zero-order chi connectivity index (χ0) is 14.5. The van der Waals surface area contributed by atoms with Crippen LogP contribution in [0.4, 0.5) is 5.69 Å². The summed E-state index contributed by atoms with van der Waals surface area (Å²) in [7, 11) is 0. The highest BCUT2D eigenvalue weighted by Gasteiger charge is 2.11. The second-order valence-corrected chi connectivity index (χ2v) is 5.87. The number of non-ortho nitro benzene ring substituents is 1. The Kier molecular flexibility index (Phi) is 4.81. The molecule has 0 aliphatic heterocycles. The van der Waals surface area contributed by atoms with Crippen LogP contribution in [-0.2, 0) is 0 Å². The number of hydrogen-bond donors (Lipinski definition) is 0. The van der Waals surface area contributed by atoms with Crippen LogP contribution in [0, 0.1) is 10.1 Å². The number of benzene rings is 2. The van der Waals surface area contributed by atoms with E-state index in [0.29, 0.717) is 16.7 Å². The summed E-state index contributed by atoms with van der Waals surface area (Å²) in [4.78, 5) is 24.1. The molecule has 0 radical (unpaired) electrons. The molecule has 2 aromatic carbocycles. The minimum Gasteiger partial charge on any atom is -0.298 e. The van der Waals surface area contributed by atoms with Gasteiger partial charge in [0, 0.05) is 32.4 Å². The molecule has 0 amide bonds. The molecule has 0 atom stereocenters. The maximum Gasteiger partial charge on any atom is 0.270 e. The third-order valence-electron chi connectivity index (χ3n) is 2.62. The number of nitro groups is 1. The smallest absolute Gasteiger partial charge is 0.270 e. The van der Waals surface area contributed by atoms with Crippen LogP contribution in [0.3, 0.4) is 0 Å². The van der Waals surface area contributed by atoms with E-state index in [-0.39, 0.29) is 5.69 Å². The molecular weight excluding hydrogens is 294 g/mol. The number of thioether (sulfide) groups is 1. The Morgan fingerprint density at radius 3 is 2.30 bits per heavy atom. The SMILES string of the molecule is CSc1ccc(Sc2ccc([N+](=O)[O-])cc2C=O)cc1. The van der Waals surface area contributed by atoms with Crippen LogP contribution in [0.25, 0.3) is 0 Å². The summed E-state index contributed by atoms with van der Waals surface area (Å²) in [6.07, 6.45) is 2.65. The molecule has 0 spiro atoms. The summed E-state index contributed by atoms with van der Waals surface area (Å²) in [5, 5.41) is 10.7. The lowest BCUT2D eigenvalue weighted by molar-refractivity contribution is -0.384. The maximum absolute atomic E-state index is 11.1. The summed E-state index contributed by atoms with van der Waals surface area (Å²) in [5.41, 5.74) is 0.257. The minimum atomic E-state index is -0.505. The van der Waals surface area contributed by atoms with E-state index >= 15 is 0 Å². The monoisotopic (exact) mass is 305 g/mol. The summed E-state index contributed by atoms with van der Waals surface area (Å²) in [5.74, 6) is 0. The minimum absolute atomic E-state index is 0.0748. The first-order valence-corrected chi connectivity index (χ1v) is 7.73. The summed E-state index contributed by atoms with van der Waals surface area (Å²) >= 11 is 3.07. The van der Waals surface area contributed by atoms with E-state index in [1.165, 1.54) is 23.9 Å². The Labute approximate surface area is 124 Å². The molecule has 2 rings (SSSR count). The van der Waals surface area contributed by atoms with Crippen LogP contribution in [0.1, 0.15) is 10.4 Å². The second kappa shape index (κ2) is 6.58. The first-order valence-electron chi connectivity index (χ1n) is 5.69. The number of hydrogen-bond acceptors (Lipinski definition) is 5. The normalized spacial score (nSPS) is 10.2. The predicted molar refractivity (Wildman–Crippen MR) is 80.8 cm³/mol. The molecule has 0 bridgehead atoms. The molecule has 0 aromatic heterocycles. The first kappa shape index (κ1) is 14.6. The standard InChI is InChI=1S/C14H11NO3S2/c1-19-12-3-5-13(6-4-12)20-14-7-2-11(15(17)18)8-10(14)9-16/h2-9H,1H3. The first-order chi connectivity index (χ1) is 9.63. The van der Waals surface area contributed by atoms with E-state index in [9.17, 15) is 14.9 Å². The molecule has 0 unspecified atom stereocenters. The lowest BCUT2D eigenvalue weighted by Gasteiger charge is -2.05. The molecule has 102 valence electrons. The van der Waals surface area contributed by atoms with Crippen molar-refractivity contribution >= 4 is 35.5 Å². The Morgan fingerprint density at radius 2 is 1.75 bits per heavy atom. The molecule has 6 heteroatoms. The number of nitrogens with zero attached hydrogens (tertiary/aromatic N) is 1. The number of rotatable bonds is 5. The molecular formula is C14H11NO3S2. The van der Waals surface area contributed by atoms with E-state index in [4.69, 9.17) is 0 Å². The van der Waals surface area contributed by atoms with Gasteiger partial charge >= 0.3 is 0 Å². The van der Waals surface area contributed by atoms with Crippen molar-refractivity contribution in [3.05, 3.63) is 58.1 Å². The Hall–Kier alpha value is -1.79. The molecule has 0 fully saturated rings. The zero-order valence-electron chi connectivity index (χ0n) is 10.6. The van der Waals surface area contributed by atoms with E-state index in [1.807, 2.05) is 30.5 Å². The zero-order valence-corrected chi connectivity index (χ0v) is 12.2. The Morgan fingerprint density at radius 1 is 1.10 bits per heavy atom. The van der Waals surface area contributed by atoms with Gasteiger partial charge in [0.05, 0.1) is 4.92 Å².